The first-order valence-corrected chi connectivity index (χ1v) is 3.83. The Morgan fingerprint density at radius 3 is 2.91 bits per heavy atom. The van der Waals surface area contributed by atoms with Gasteiger partial charge in [-0.25, -0.2) is 9.18 Å². The summed E-state index contributed by atoms with van der Waals surface area (Å²) in [4.78, 5) is 14.1. The molecule has 0 bridgehead atoms. The average Bonchev–Trinajstić information content (AvgIpc) is 2.36. The quantitative estimate of drug-likeness (QED) is 0.381. The molecule has 1 atom stereocenters. The second-order valence-corrected chi connectivity index (χ2v) is 3.32. The first-order valence-electron chi connectivity index (χ1n) is 3.01. The highest BCUT2D eigenvalue weighted by Gasteiger charge is 2.08. The van der Waals surface area contributed by atoms with Crippen LogP contribution in [0.5, 0.6) is 0 Å². The molecule has 0 saturated carbocycles. The lowest BCUT2D eigenvalue weighted by Crippen LogP contribution is -1.79. The van der Waals surface area contributed by atoms with Crippen LogP contribution in [0.25, 0.3) is 0 Å². The van der Waals surface area contributed by atoms with Crippen molar-refractivity contribution in [1.82, 2.24) is 0 Å². The third-order valence-corrected chi connectivity index (χ3v) is 2.19. The Balaban J connectivity index is 2.84. The molecular formula is C7H6FNOS. The molecule has 0 aliphatic rings. The number of carbonyl (C=O) groups excluding carboxylic acids is 1. The molecule has 2 nitrogen and oxygen atoms in total. The smallest absolute Gasteiger partial charge is 0.215 e. The summed E-state index contributed by atoms with van der Waals surface area (Å²) in [7, 11) is 0. The summed E-state index contributed by atoms with van der Waals surface area (Å²) >= 11 is 1.29. The molecule has 0 amide bonds. The van der Waals surface area contributed by atoms with Gasteiger partial charge >= 0.3 is 0 Å². The number of halogens is 1. The fraction of sp³-hybridized carbons (Fsp3) is 0.286. The zero-order chi connectivity index (χ0) is 8.27. The molecule has 4 heteroatoms. The molecule has 0 aliphatic carbocycles. The summed E-state index contributed by atoms with van der Waals surface area (Å²) in [6.45, 7) is 1.87. The van der Waals surface area contributed by atoms with Crippen molar-refractivity contribution >= 4 is 17.4 Å². The highest BCUT2D eigenvalue weighted by molar-refractivity contribution is 7.12. The lowest BCUT2D eigenvalue weighted by Gasteiger charge is -1.92. The zero-order valence-electron chi connectivity index (χ0n) is 5.87. The number of nitrogens with zero attached hydrogens (tertiary/aromatic N) is 1. The summed E-state index contributed by atoms with van der Waals surface area (Å²) in [6.07, 6.45) is -0.354. The molecule has 1 unspecified atom stereocenters. The van der Waals surface area contributed by atoms with Gasteiger partial charge in [-0.2, -0.15) is 4.99 Å². The summed E-state index contributed by atoms with van der Waals surface area (Å²) in [5, 5.41) is 0. The number of isocyanates is 1. The fourth-order valence-corrected chi connectivity index (χ4v) is 1.49. The third kappa shape index (κ3) is 1.97. The van der Waals surface area contributed by atoms with E-state index in [1.54, 1.807) is 12.1 Å². The van der Waals surface area contributed by atoms with Gasteiger partial charge in [0.2, 0.25) is 12.4 Å². The molecule has 0 fully saturated rings. The van der Waals surface area contributed by atoms with Crippen LogP contribution in [-0.4, -0.2) is 6.08 Å². The Hall–Kier alpha value is -0.990. The minimum atomic E-state index is -1.54. The highest BCUT2D eigenvalue weighted by Crippen LogP contribution is 2.25. The van der Waals surface area contributed by atoms with Crippen LogP contribution in [-0.2, 0) is 4.79 Å². The SMILES string of the molecule is Cc1ccc(C(F)N=C=O)s1. The number of aliphatic imine (C=N–C) groups is 1. The van der Waals surface area contributed by atoms with E-state index in [2.05, 4.69) is 4.99 Å². The Morgan fingerprint density at radius 1 is 1.73 bits per heavy atom. The Kier molecular flexibility index (Phi) is 2.52. The van der Waals surface area contributed by atoms with Crippen molar-refractivity contribution in [2.45, 2.75) is 13.2 Å². The fourth-order valence-electron chi connectivity index (χ4n) is 0.691. The molecule has 1 rings (SSSR count). The van der Waals surface area contributed by atoms with E-state index < -0.39 is 6.30 Å². The third-order valence-electron chi connectivity index (χ3n) is 1.16. The van der Waals surface area contributed by atoms with Crippen LogP contribution in [0.4, 0.5) is 4.39 Å². The monoisotopic (exact) mass is 171 g/mol. The van der Waals surface area contributed by atoms with E-state index >= 15 is 0 Å². The van der Waals surface area contributed by atoms with Crippen molar-refractivity contribution < 1.29 is 9.18 Å². The average molecular weight is 171 g/mol. The molecule has 0 saturated heterocycles. The van der Waals surface area contributed by atoms with E-state index in [1.165, 1.54) is 17.4 Å². The van der Waals surface area contributed by atoms with Crippen molar-refractivity contribution in [3.05, 3.63) is 21.9 Å². The van der Waals surface area contributed by atoms with E-state index in [1.807, 2.05) is 6.92 Å². The minimum Gasteiger partial charge on any atom is -0.215 e. The maximum atomic E-state index is 12.7. The number of rotatable bonds is 2. The number of hydrogen-bond acceptors (Lipinski definition) is 3. The number of hydrogen-bond donors (Lipinski definition) is 0. The first-order chi connectivity index (χ1) is 5.24. The lowest BCUT2D eigenvalue weighted by atomic mass is 10.4. The molecule has 1 aromatic rings. The molecule has 1 heterocycles. The van der Waals surface area contributed by atoms with Crippen LogP contribution in [0, 0.1) is 6.92 Å². The van der Waals surface area contributed by atoms with Gasteiger partial charge in [0, 0.05) is 4.88 Å². The largest absolute Gasteiger partial charge is 0.238 e. The van der Waals surface area contributed by atoms with Gasteiger partial charge in [-0.15, -0.1) is 11.3 Å². The summed E-state index contributed by atoms with van der Waals surface area (Å²) < 4.78 is 12.7. The lowest BCUT2D eigenvalue weighted by molar-refractivity contribution is 0.362. The van der Waals surface area contributed by atoms with Crippen LogP contribution in [0.3, 0.4) is 0 Å². The minimum absolute atomic E-state index is 0.450. The van der Waals surface area contributed by atoms with E-state index in [-0.39, 0.29) is 0 Å². The standard InChI is InChI=1S/C7H6FNOS/c1-5-2-3-6(11-5)7(8)9-4-10/h2-3,7H,1H3. The molecule has 0 aliphatic heterocycles. The van der Waals surface area contributed by atoms with E-state index in [9.17, 15) is 9.18 Å². The van der Waals surface area contributed by atoms with Crippen molar-refractivity contribution in [3.8, 4) is 0 Å². The molecule has 11 heavy (non-hydrogen) atoms. The van der Waals surface area contributed by atoms with Crippen LogP contribution in [0.1, 0.15) is 16.0 Å². The highest BCUT2D eigenvalue weighted by atomic mass is 32.1. The van der Waals surface area contributed by atoms with Crippen LogP contribution < -0.4 is 0 Å². The van der Waals surface area contributed by atoms with Crippen molar-refractivity contribution in [2.24, 2.45) is 4.99 Å². The Morgan fingerprint density at radius 2 is 2.45 bits per heavy atom. The number of alkyl halides is 1. The molecule has 0 aromatic carbocycles. The normalized spacial score (nSPS) is 12.2. The molecule has 0 N–H and O–H groups in total. The van der Waals surface area contributed by atoms with Crippen molar-refractivity contribution in [3.63, 3.8) is 0 Å². The summed E-state index contributed by atoms with van der Waals surface area (Å²) in [6, 6.07) is 3.40. The van der Waals surface area contributed by atoms with Gasteiger partial charge in [0.05, 0.1) is 4.88 Å². The van der Waals surface area contributed by atoms with E-state index in [0.717, 1.165) is 4.88 Å². The second-order valence-electron chi connectivity index (χ2n) is 2.00. The van der Waals surface area contributed by atoms with Crippen molar-refractivity contribution in [1.29, 1.82) is 0 Å². The second kappa shape index (κ2) is 3.42. The predicted molar refractivity (Wildman–Crippen MR) is 41.0 cm³/mol. The van der Waals surface area contributed by atoms with Crippen LogP contribution >= 0.6 is 11.3 Å². The Bertz CT molecular complexity index is 290. The molecule has 1 aromatic heterocycles. The van der Waals surface area contributed by atoms with Gasteiger partial charge in [0.1, 0.15) is 0 Å². The maximum Gasteiger partial charge on any atom is 0.238 e. The zero-order valence-corrected chi connectivity index (χ0v) is 6.69. The van der Waals surface area contributed by atoms with Crippen LogP contribution in [0.2, 0.25) is 0 Å². The molecular weight excluding hydrogens is 165 g/mol. The molecule has 0 radical (unpaired) electrons. The van der Waals surface area contributed by atoms with E-state index in [0.29, 0.717) is 4.88 Å². The number of thiophene rings is 1. The summed E-state index contributed by atoms with van der Waals surface area (Å²) in [5.74, 6) is 0. The predicted octanol–water partition coefficient (Wildman–Crippen LogP) is 2.36. The molecule has 58 valence electrons. The van der Waals surface area contributed by atoms with Gasteiger partial charge in [-0.3, -0.25) is 0 Å². The van der Waals surface area contributed by atoms with Crippen LogP contribution in [0.15, 0.2) is 17.1 Å². The topological polar surface area (TPSA) is 29.4 Å². The van der Waals surface area contributed by atoms with Gasteiger partial charge in [-0.1, -0.05) is 0 Å². The van der Waals surface area contributed by atoms with Gasteiger partial charge in [0.15, 0.2) is 0 Å². The van der Waals surface area contributed by atoms with Crippen molar-refractivity contribution in [2.75, 3.05) is 0 Å². The summed E-state index contributed by atoms with van der Waals surface area (Å²) in [5.41, 5.74) is 0. The van der Waals surface area contributed by atoms with Gasteiger partial charge in [-0.05, 0) is 19.1 Å². The Labute approximate surface area is 67.4 Å². The number of aryl methyl sites for hydroxylation is 1. The first kappa shape index (κ1) is 8.11. The van der Waals surface area contributed by atoms with E-state index in [4.69, 9.17) is 0 Å². The maximum absolute atomic E-state index is 12.7. The molecule has 0 spiro atoms. The van der Waals surface area contributed by atoms with Gasteiger partial charge < -0.3 is 0 Å². The van der Waals surface area contributed by atoms with Gasteiger partial charge in [0.25, 0.3) is 0 Å².